The molecule has 0 saturated heterocycles. The van der Waals surface area contributed by atoms with Crippen LogP contribution in [-0.4, -0.2) is 26.6 Å². The van der Waals surface area contributed by atoms with Crippen molar-refractivity contribution in [2.45, 2.75) is 0 Å². The van der Waals surface area contributed by atoms with Gasteiger partial charge in [-0.05, 0) is 24.7 Å². The number of nitrogens with zero attached hydrogens (tertiary/aromatic N) is 3. The van der Waals surface area contributed by atoms with Crippen LogP contribution in [0.25, 0.3) is 5.57 Å². The second-order valence-electron chi connectivity index (χ2n) is 4.30. The molecule has 1 rings (SSSR count). The Balaban J connectivity index is 3.63. The van der Waals surface area contributed by atoms with Crippen molar-refractivity contribution in [2.24, 2.45) is 0 Å². The highest BCUT2D eigenvalue weighted by Gasteiger charge is 2.13. The number of nitriles is 2. The first kappa shape index (κ1) is 17.2. The summed E-state index contributed by atoms with van der Waals surface area (Å²) in [4.78, 5) is 1.98. The number of anilines is 1. The summed E-state index contributed by atoms with van der Waals surface area (Å²) in [6.45, 7) is 0. The third-order valence-electron chi connectivity index (χ3n) is 2.83. The van der Waals surface area contributed by atoms with Gasteiger partial charge in [-0.15, -0.1) is 23.5 Å². The summed E-state index contributed by atoms with van der Waals surface area (Å²) >= 11 is 3.21. The normalized spacial score (nSPS) is 9.24. The summed E-state index contributed by atoms with van der Waals surface area (Å²) in [7, 11) is 3.89. The van der Waals surface area contributed by atoms with Crippen molar-refractivity contribution in [1.29, 1.82) is 10.5 Å². The third-order valence-corrected chi connectivity index (χ3v) is 4.87. The molecule has 0 aliphatic carbocycles. The Morgan fingerprint density at radius 2 is 1.67 bits per heavy atom. The van der Waals surface area contributed by atoms with Crippen LogP contribution in [-0.2, 0) is 0 Å². The van der Waals surface area contributed by atoms with Crippen molar-refractivity contribution < 1.29 is 0 Å². The number of rotatable bonds is 5. The van der Waals surface area contributed by atoms with E-state index in [-0.39, 0.29) is 5.57 Å². The molecular weight excluding hydrogens is 298 g/mol. The standard InChI is InChI=1S/C16H17N3S2/c1-19(2)15-8-6-5-7-13(15)14(12(10-17)11-18)9-16(20-3)21-4/h5-9H,1-4H3. The fraction of sp³-hybridized carbons (Fsp3) is 0.250. The van der Waals surface area contributed by atoms with Gasteiger partial charge in [-0.2, -0.15) is 10.5 Å². The maximum atomic E-state index is 9.26. The largest absolute Gasteiger partial charge is 0.377 e. The van der Waals surface area contributed by atoms with E-state index in [1.54, 1.807) is 23.5 Å². The van der Waals surface area contributed by atoms with Gasteiger partial charge in [-0.3, -0.25) is 0 Å². The first-order valence-corrected chi connectivity index (χ1v) is 8.64. The fourth-order valence-corrected chi connectivity index (χ4v) is 2.98. The minimum absolute atomic E-state index is 0.130. The second-order valence-corrected chi connectivity index (χ2v) is 6.25. The summed E-state index contributed by atoms with van der Waals surface area (Å²) in [6, 6.07) is 11.8. The molecule has 0 radical (unpaired) electrons. The smallest absolute Gasteiger partial charge is 0.137 e. The Morgan fingerprint density at radius 3 is 2.14 bits per heavy atom. The molecular formula is C16H17N3S2. The van der Waals surface area contributed by atoms with Gasteiger partial charge in [0.15, 0.2) is 0 Å². The van der Waals surface area contributed by atoms with Crippen LogP contribution >= 0.6 is 23.5 Å². The van der Waals surface area contributed by atoms with E-state index in [0.717, 1.165) is 15.5 Å². The average Bonchev–Trinajstić information content (AvgIpc) is 2.51. The van der Waals surface area contributed by atoms with Gasteiger partial charge < -0.3 is 4.90 Å². The highest BCUT2D eigenvalue weighted by atomic mass is 32.2. The van der Waals surface area contributed by atoms with E-state index in [1.807, 2.05) is 74.0 Å². The molecule has 0 bridgehead atoms. The zero-order valence-corrected chi connectivity index (χ0v) is 14.2. The first-order chi connectivity index (χ1) is 10.1. The van der Waals surface area contributed by atoms with Crippen molar-refractivity contribution in [2.75, 3.05) is 31.5 Å². The van der Waals surface area contributed by atoms with Crippen LogP contribution < -0.4 is 4.90 Å². The number of allylic oxidation sites excluding steroid dienone is 3. The van der Waals surface area contributed by atoms with Gasteiger partial charge in [0.1, 0.15) is 17.7 Å². The van der Waals surface area contributed by atoms with Crippen LogP contribution in [0.5, 0.6) is 0 Å². The molecule has 0 aliphatic rings. The predicted molar refractivity (Wildman–Crippen MR) is 94.0 cm³/mol. The van der Waals surface area contributed by atoms with Gasteiger partial charge in [0.05, 0.1) is 0 Å². The van der Waals surface area contributed by atoms with Crippen molar-refractivity contribution in [3.8, 4) is 12.1 Å². The molecule has 1 aromatic carbocycles. The summed E-state index contributed by atoms with van der Waals surface area (Å²) in [5.74, 6) is 0. The first-order valence-electron chi connectivity index (χ1n) is 6.19. The van der Waals surface area contributed by atoms with Gasteiger partial charge >= 0.3 is 0 Å². The van der Waals surface area contributed by atoms with Crippen LogP contribution in [0.1, 0.15) is 5.56 Å². The molecule has 0 fully saturated rings. The average molecular weight is 315 g/mol. The monoisotopic (exact) mass is 315 g/mol. The quantitative estimate of drug-likeness (QED) is 0.604. The van der Waals surface area contributed by atoms with Gasteiger partial charge in [-0.25, -0.2) is 0 Å². The molecule has 0 unspecified atom stereocenters. The van der Waals surface area contributed by atoms with E-state index in [9.17, 15) is 10.5 Å². The second kappa shape index (κ2) is 8.46. The van der Waals surface area contributed by atoms with E-state index in [2.05, 4.69) is 0 Å². The van der Waals surface area contributed by atoms with E-state index in [1.165, 1.54) is 0 Å². The molecule has 0 aromatic heterocycles. The Labute approximate surface area is 134 Å². The van der Waals surface area contributed by atoms with E-state index >= 15 is 0 Å². The Bertz CT molecular complexity index is 624. The molecule has 21 heavy (non-hydrogen) atoms. The highest BCUT2D eigenvalue weighted by molar-refractivity contribution is 8.21. The van der Waals surface area contributed by atoms with Gasteiger partial charge in [0.25, 0.3) is 0 Å². The van der Waals surface area contributed by atoms with Gasteiger partial charge in [0, 0.05) is 35.2 Å². The molecule has 0 saturated carbocycles. The predicted octanol–water partition coefficient (Wildman–Crippen LogP) is 4.12. The molecule has 0 heterocycles. The third kappa shape index (κ3) is 4.32. The van der Waals surface area contributed by atoms with Crippen molar-refractivity contribution in [1.82, 2.24) is 0 Å². The summed E-state index contributed by atoms with van der Waals surface area (Å²) in [6.07, 6.45) is 5.88. The van der Waals surface area contributed by atoms with Crippen LogP contribution in [0.4, 0.5) is 5.69 Å². The molecule has 5 heteroatoms. The zero-order valence-electron chi connectivity index (χ0n) is 12.5. The fourth-order valence-electron chi connectivity index (χ4n) is 1.84. The van der Waals surface area contributed by atoms with Crippen LogP contribution in [0.3, 0.4) is 0 Å². The molecule has 0 amide bonds. The van der Waals surface area contributed by atoms with Crippen molar-refractivity contribution in [3.63, 3.8) is 0 Å². The topological polar surface area (TPSA) is 50.8 Å². The van der Waals surface area contributed by atoms with E-state index < -0.39 is 0 Å². The SMILES string of the molecule is CSC(=CC(=C(C#N)C#N)c1ccccc1N(C)C)SC. The lowest BCUT2D eigenvalue weighted by atomic mass is 9.99. The maximum Gasteiger partial charge on any atom is 0.137 e. The van der Waals surface area contributed by atoms with E-state index in [0.29, 0.717) is 5.57 Å². The minimum atomic E-state index is 0.130. The van der Waals surface area contributed by atoms with Crippen molar-refractivity contribution in [3.05, 3.63) is 45.7 Å². The molecule has 1 aromatic rings. The lowest BCUT2D eigenvalue weighted by Gasteiger charge is -2.18. The number of para-hydroxylation sites is 1. The van der Waals surface area contributed by atoms with Crippen LogP contribution in [0.15, 0.2) is 40.2 Å². The van der Waals surface area contributed by atoms with Crippen LogP contribution in [0.2, 0.25) is 0 Å². The van der Waals surface area contributed by atoms with Crippen LogP contribution in [0, 0.1) is 22.7 Å². The summed E-state index contributed by atoms with van der Waals surface area (Å²) in [5, 5.41) is 18.5. The number of hydrogen-bond donors (Lipinski definition) is 0. The number of benzene rings is 1. The number of thioether (sulfide) groups is 2. The molecule has 0 aliphatic heterocycles. The Hall–Kier alpha value is -1.82. The lowest BCUT2D eigenvalue weighted by Crippen LogP contribution is -2.11. The number of hydrogen-bond acceptors (Lipinski definition) is 5. The van der Waals surface area contributed by atoms with Gasteiger partial charge in [0.2, 0.25) is 0 Å². The maximum absolute atomic E-state index is 9.26. The summed E-state index contributed by atoms with van der Waals surface area (Å²) in [5.41, 5.74) is 2.67. The zero-order chi connectivity index (χ0) is 15.8. The van der Waals surface area contributed by atoms with E-state index in [4.69, 9.17) is 0 Å². The molecule has 3 nitrogen and oxygen atoms in total. The van der Waals surface area contributed by atoms with Gasteiger partial charge in [-0.1, -0.05) is 18.2 Å². The molecule has 0 N–H and O–H groups in total. The highest BCUT2D eigenvalue weighted by Crippen LogP contribution is 2.34. The minimum Gasteiger partial charge on any atom is -0.377 e. The Kier molecular flexibility index (Phi) is 6.94. The molecule has 108 valence electrons. The Morgan fingerprint density at radius 1 is 1.10 bits per heavy atom. The molecule has 0 spiro atoms. The van der Waals surface area contributed by atoms with Crippen molar-refractivity contribution >= 4 is 34.8 Å². The lowest BCUT2D eigenvalue weighted by molar-refractivity contribution is 1.13. The molecule has 0 atom stereocenters. The summed E-state index contributed by atoms with van der Waals surface area (Å²) < 4.78 is 1.06.